The molecule has 0 aliphatic rings. The van der Waals surface area contributed by atoms with Crippen LogP contribution in [-0.2, 0) is 6.54 Å². The van der Waals surface area contributed by atoms with Gasteiger partial charge in [-0.25, -0.2) is 9.18 Å². The Kier molecular flexibility index (Phi) is 3.80. The van der Waals surface area contributed by atoms with Gasteiger partial charge in [0.1, 0.15) is 5.82 Å². The average molecular weight is 259 g/mol. The van der Waals surface area contributed by atoms with Crippen LogP contribution in [0.3, 0.4) is 0 Å². The van der Waals surface area contributed by atoms with Gasteiger partial charge >= 0.3 is 5.97 Å². The third-order valence-electron chi connectivity index (χ3n) is 2.89. The Bertz CT molecular complexity index is 611. The van der Waals surface area contributed by atoms with Gasteiger partial charge in [0.25, 0.3) is 0 Å². The van der Waals surface area contributed by atoms with Crippen LogP contribution in [0.15, 0.2) is 42.5 Å². The van der Waals surface area contributed by atoms with Gasteiger partial charge in [-0.05, 0) is 36.2 Å². The molecular formula is C15H14FNO2. The number of hydrogen-bond acceptors (Lipinski definition) is 2. The molecule has 0 heterocycles. The fourth-order valence-corrected chi connectivity index (χ4v) is 1.81. The standard InChI is InChI=1S/C15H14FNO2/c1-10-4-2-3-5-14(10)17-9-11-6-7-12(15(18)19)13(16)8-11/h2-8,17H,9H2,1H3,(H,18,19). The Hall–Kier alpha value is -2.36. The van der Waals surface area contributed by atoms with Crippen molar-refractivity contribution in [3.63, 3.8) is 0 Å². The van der Waals surface area contributed by atoms with E-state index in [1.165, 1.54) is 12.1 Å². The molecular weight excluding hydrogens is 245 g/mol. The molecule has 0 spiro atoms. The maximum absolute atomic E-state index is 13.5. The van der Waals surface area contributed by atoms with Crippen LogP contribution >= 0.6 is 0 Å². The highest BCUT2D eigenvalue weighted by Gasteiger charge is 2.10. The van der Waals surface area contributed by atoms with Crippen LogP contribution in [0.25, 0.3) is 0 Å². The second kappa shape index (κ2) is 5.52. The lowest BCUT2D eigenvalue weighted by Crippen LogP contribution is -2.04. The minimum absolute atomic E-state index is 0.306. The van der Waals surface area contributed by atoms with E-state index in [0.29, 0.717) is 12.1 Å². The first-order valence-corrected chi connectivity index (χ1v) is 5.89. The SMILES string of the molecule is Cc1ccccc1NCc1ccc(C(=O)O)c(F)c1. The number of para-hydroxylation sites is 1. The minimum atomic E-state index is -1.25. The molecule has 4 heteroatoms. The summed E-state index contributed by atoms with van der Waals surface area (Å²) in [5, 5.41) is 11.9. The predicted octanol–water partition coefficient (Wildman–Crippen LogP) is 3.44. The van der Waals surface area contributed by atoms with Crippen molar-refractivity contribution in [1.29, 1.82) is 0 Å². The van der Waals surface area contributed by atoms with Crippen molar-refractivity contribution in [2.45, 2.75) is 13.5 Å². The number of carbonyl (C=O) groups is 1. The Morgan fingerprint density at radius 3 is 2.63 bits per heavy atom. The van der Waals surface area contributed by atoms with E-state index in [1.807, 2.05) is 31.2 Å². The molecule has 0 saturated heterocycles. The molecule has 0 saturated carbocycles. The number of hydrogen-bond donors (Lipinski definition) is 2. The second-order valence-corrected chi connectivity index (χ2v) is 4.29. The van der Waals surface area contributed by atoms with Gasteiger partial charge in [-0.1, -0.05) is 24.3 Å². The summed E-state index contributed by atoms with van der Waals surface area (Å²) in [4.78, 5) is 10.7. The van der Waals surface area contributed by atoms with Crippen LogP contribution in [0.2, 0.25) is 0 Å². The Morgan fingerprint density at radius 2 is 2.00 bits per heavy atom. The summed E-state index contributed by atoms with van der Waals surface area (Å²) in [6, 6.07) is 11.9. The zero-order valence-electron chi connectivity index (χ0n) is 10.5. The Balaban J connectivity index is 2.11. The summed E-state index contributed by atoms with van der Waals surface area (Å²) >= 11 is 0. The van der Waals surface area contributed by atoms with Crippen molar-refractivity contribution in [2.75, 3.05) is 5.32 Å². The van der Waals surface area contributed by atoms with Gasteiger partial charge in [0.15, 0.2) is 0 Å². The van der Waals surface area contributed by atoms with Crippen LogP contribution < -0.4 is 5.32 Å². The monoisotopic (exact) mass is 259 g/mol. The molecule has 0 aliphatic carbocycles. The number of aryl methyl sites for hydroxylation is 1. The van der Waals surface area contributed by atoms with Gasteiger partial charge in [0.05, 0.1) is 5.56 Å². The second-order valence-electron chi connectivity index (χ2n) is 4.29. The van der Waals surface area contributed by atoms with E-state index in [9.17, 15) is 9.18 Å². The molecule has 3 nitrogen and oxygen atoms in total. The van der Waals surface area contributed by atoms with Crippen molar-refractivity contribution in [2.24, 2.45) is 0 Å². The third-order valence-corrected chi connectivity index (χ3v) is 2.89. The lowest BCUT2D eigenvalue weighted by atomic mass is 10.1. The Labute approximate surface area is 110 Å². The van der Waals surface area contributed by atoms with E-state index in [4.69, 9.17) is 5.11 Å². The van der Waals surface area contributed by atoms with Crippen molar-refractivity contribution in [1.82, 2.24) is 0 Å². The van der Waals surface area contributed by atoms with Crippen LogP contribution in [0, 0.1) is 12.7 Å². The fourth-order valence-electron chi connectivity index (χ4n) is 1.81. The number of carboxylic acid groups (broad SMARTS) is 1. The number of aromatic carboxylic acids is 1. The van der Waals surface area contributed by atoms with E-state index < -0.39 is 11.8 Å². The Morgan fingerprint density at radius 1 is 1.26 bits per heavy atom. The van der Waals surface area contributed by atoms with Crippen LogP contribution in [0.5, 0.6) is 0 Å². The highest BCUT2D eigenvalue weighted by molar-refractivity contribution is 5.87. The van der Waals surface area contributed by atoms with Crippen molar-refractivity contribution < 1.29 is 14.3 Å². The molecule has 98 valence electrons. The average Bonchev–Trinajstić information content (AvgIpc) is 2.37. The zero-order valence-corrected chi connectivity index (χ0v) is 10.5. The highest BCUT2D eigenvalue weighted by Crippen LogP contribution is 2.16. The molecule has 0 unspecified atom stereocenters. The molecule has 2 N–H and O–H groups in total. The minimum Gasteiger partial charge on any atom is -0.478 e. The zero-order chi connectivity index (χ0) is 13.8. The molecule has 0 aliphatic heterocycles. The molecule has 0 fully saturated rings. The molecule has 0 atom stereocenters. The summed E-state index contributed by atoms with van der Waals surface area (Å²) < 4.78 is 13.5. The molecule has 2 rings (SSSR count). The quantitative estimate of drug-likeness (QED) is 0.884. The summed E-state index contributed by atoms with van der Waals surface area (Å²) in [5.41, 5.74) is 2.47. The van der Waals surface area contributed by atoms with Gasteiger partial charge in [0, 0.05) is 12.2 Å². The lowest BCUT2D eigenvalue weighted by Gasteiger charge is -2.09. The molecule has 0 bridgehead atoms. The molecule has 0 radical (unpaired) electrons. The number of anilines is 1. The van der Waals surface area contributed by atoms with Gasteiger partial charge in [-0.3, -0.25) is 0 Å². The first-order valence-electron chi connectivity index (χ1n) is 5.89. The number of rotatable bonds is 4. The molecule has 2 aromatic carbocycles. The largest absolute Gasteiger partial charge is 0.478 e. The van der Waals surface area contributed by atoms with Gasteiger partial charge in [0.2, 0.25) is 0 Å². The van der Waals surface area contributed by atoms with Crippen LogP contribution in [0.4, 0.5) is 10.1 Å². The summed E-state index contributed by atoms with van der Waals surface area (Å²) in [6.07, 6.45) is 0. The van der Waals surface area contributed by atoms with Crippen LogP contribution in [0.1, 0.15) is 21.5 Å². The van der Waals surface area contributed by atoms with Crippen molar-refractivity contribution in [3.8, 4) is 0 Å². The molecule has 0 amide bonds. The number of halogens is 1. The summed E-state index contributed by atoms with van der Waals surface area (Å²) in [5.74, 6) is -1.97. The van der Waals surface area contributed by atoms with Crippen molar-refractivity contribution >= 4 is 11.7 Å². The molecule has 2 aromatic rings. The summed E-state index contributed by atoms with van der Waals surface area (Å²) in [6.45, 7) is 2.43. The van der Waals surface area contributed by atoms with E-state index in [-0.39, 0.29) is 5.56 Å². The molecule has 0 aromatic heterocycles. The van der Waals surface area contributed by atoms with E-state index >= 15 is 0 Å². The first kappa shape index (κ1) is 13.1. The number of nitrogens with one attached hydrogen (secondary N) is 1. The maximum Gasteiger partial charge on any atom is 0.338 e. The lowest BCUT2D eigenvalue weighted by molar-refractivity contribution is 0.0692. The predicted molar refractivity (Wildman–Crippen MR) is 71.9 cm³/mol. The maximum atomic E-state index is 13.5. The fraction of sp³-hybridized carbons (Fsp3) is 0.133. The third kappa shape index (κ3) is 3.10. The van der Waals surface area contributed by atoms with Gasteiger partial charge in [-0.15, -0.1) is 0 Å². The topological polar surface area (TPSA) is 49.3 Å². The van der Waals surface area contributed by atoms with E-state index in [1.54, 1.807) is 6.07 Å². The number of carboxylic acids is 1. The highest BCUT2D eigenvalue weighted by atomic mass is 19.1. The van der Waals surface area contributed by atoms with Crippen molar-refractivity contribution in [3.05, 3.63) is 65.0 Å². The van der Waals surface area contributed by atoms with Gasteiger partial charge in [-0.2, -0.15) is 0 Å². The molecule has 19 heavy (non-hydrogen) atoms. The normalized spacial score (nSPS) is 10.2. The van der Waals surface area contributed by atoms with Crippen LogP contribution in [-0.4, -0.2) is 11.1 Å². The van der Waals surface area contributed by atoms with Gasteiger partial charge < -0.3 is 10.4 Å². The first-order chi connectivity index (χ1) is 9.08. The smallest absolute Gasteiger partial charge is 0.338 e. The van der Waals surface area contributed by atoms with E-state index in [0.717, 1.165) is 11.3 Å². The van der Waals surface area contributed by atoms with E-state index in [2.05, 4.69) is 5.32 Å². The number of benzene rings is 2. The summed E-state index contributed by atoms with van der Waals surface area (Å²) in [7, 11) is 0.